The number of carboxylic acid groups (broad SMARTS) is 1. The second kappa shape index (κ2) is 4.94. The molecule has 18 heavy (non-hydrogen) atoms. The van der Waals surface area contributed by atoms with E-state index in [0.29, 0.717) is 12.4 Å². The van der Waals surface area contributed by atoms with Gasteiger partial charge in [-0.3, -0.25) is 0 Å². The summed E-state index contributed by atoms with van der Waals surface area (Å²) in [6.45, 7) is 5.21. The summed E-state index contributed by atoms with van der Waals surface area (Å²) in [6, 6.07) is 3.27. The van der Waals surface area contributed by atoms with Gasteiger partial charge < -0.3 is 15.2 Å². The van der Waals surface area contributed by atoms with E-state index in [2.05, 4.69) is 10.3 Å². The number of carboxylic acids is 1. The maximum Gasteiger partial charge on any atom is 0.339 e. The Kier molecular flexibility index (Phi) is 3.52. The molecule has 1 aliphatic heterocycles. The molecule has 1 atom stereocenters. The summed E-state index contributed by atoms with van der Waals surface area (Å²) in [5, 5.41) is 12.2. The third-order valence-electron chi connectivity index (χ3n) is 3.20. The van der Waals surface area contributed by atoms with Crippen LogP contribution in [-0.2, 0) is 4.74 Å². The Morgan fingerprint density at radius 1 is 1.61 bits per heavy atom. The molecular formula is C13H18N2O3. The molecule has 5 nitrogen and oxygen atoms in total. The normalized spacial score (nSPS) is 23.0. The Morgan fingerprint density at radius 3 is 3.00 bits per heavy atom. The van der Waals surface area contributed by atoms with Crippen LogP contribution in [0, 0.1) is 6.92 Å². The van der Waals surface area contributed by atoms with Crippen molar-refractivity contribution in [1.82, 2.24) is 4.98 Å². The van der Waals surface area contributed by atoms with E-state index in [-0.39, 0.29) is 11.2 Å². The van der Waals surface area contributed by atoms with E-state index < -0.39 is 5.97 Å². The average molecular weight is 250 g/mol. The highest BCUT2D eigenvalue weighted by atomic mass is 16.5. The first-order valence-electron chi connectivity index (χ1n) is 6.09. The molecule has 1 fully saturated rings. The number of aryl methyl sites for hydroxylation is 1. The van der Waals surface area contributed by atoms with Crippen molar-refractivity contribution in [2.24, 2.45) is 0 Å². The molecule has 0 aromatic carbocycles. The average Bonchev–Trinajstić information content (AvgIpc) is 2.74. The fourth-order valence-corrected chi connectivity index (χ4v) is 2.11. The van der Waals surface area contributed by atoms with E-state index in [1.807, 2.05) is 13.8 Å². The Hall–Kier alpha value is -1.62. The van der Waals surface area contributed by atoms with Gasteiger partial charge in [-0.2, -0.15) is 0 Å². The molecule has 0 aliphatic carbocycles. The SMILES string of the molecule is Cc1ccc(C(=O)O)c(NCC2(C)CCCO2)n1. The van der Waals surface area contributed by atoms with Gasteiger partial charge in [0.1, 0.15) is 11.4 Å². The Morgan fingerprint density at radius 2 is 2.39 bits per heavy atom. The van der Waals surface area contributed by atoms with Crippen molar-refractivity contribution < 1.29 is 14.6 Å². The summed E-state index contributed by atoms with van der Waals surface area (Å²) < 4.78 is 5.66. The number of aromatic nitrogens is 1. The van der Waals surface area contributed by atoms with Crippen LogP contribution in [0.5, 0.6) is 0 Å². The fourth-order valence-electron chi connectivity index (χ4n) is 2.11. The molecular weight excluding hydrogens is 232 g/mol. The predicted octanol–water partition coefficient (Wildman–Crippen LogP) is 2.07. The maximum absolute atomic E-state index is 11.1. The number of pyridine rings is 1. The van der Waals surface area contributed by atoms with Gasteiger partial charge in [0, 0.05) is 18.8 Å². The van der Waals surface area contributed by atoms with Gasteiger partial charge in [-0.05, 0) is 38.8 Å². The third kappa shape index (κ3) is 2.79. The lowest BCUT2D eigenvalue weighted by molar-refractivity contribution is 0.0314. The van der Waals surface area contributed by atoms with Gasteiger partial charge in [-0.15, -0.1) is 0 Å². The summed E-state index contributed by atoms with van der Waals surface area (Å²) in [4.78, 5) is 15.3. The highest BCUT2D eigenvalue weighted by Crippen LogP contribution is 2.25. The molecule has 2 heterocycles. The number of hydrogen-bond donors (Lipinski definition) is 2. The van der Waals surface area contributed by atoms with E-state index in [1.165, 1.54) is 0 Å². The largest absolute Gasteiger partial charge is 0.478 e. The van der Waals surface area contributed by atoms with Crippen molar-refractivity contribution in [3.63, 3.8) is 0 Å². The second-order valence-corrected chi connectivity index (χ2v) is 4.91. The lowest BCUT2D eigenvalue weighted by atomic mass is 10.0. The summed E-state index contributed by atoms with van der Waals surface area (Å²) in [6.07, 6.45) is 2.03. The monoisotopic (exact) mass is 250 g/mol. The number of rotatable bonds is 4. The highest BCUT2D eigenvalue weighted by Gasteiger charge is 2.30. The summed E-state index contributed by atoms with van der Waals surface area (Å²) in [7, 11) is 0. The molecule has 98 valence electrons. The Labute approximate surface area is 106 Å². The number of aromatic carboxylic acids is 1. The van der Waals surface area contributed by atoms with E-state index in [0.717, 1.165) is 25.1 Å². The first-order valence-corrected chi connectivity index (χ1v) is 6.09. The van der Waals surface area contributed by atoms with Crippen LogP contribution in [0.1, 0.15) is 35.8 Å². The van der Waals surface area contributed by atoms with Gasteiger partial charge in [-0.1, -0.05) is 0 Å². The maximum atomic E-state index is 11.1. The number of anilines is 1. The Bertz CT molecular complexity index is 454. The van der Waals surface area contributed by atoms with Crippen molar-refractivity contribution in [2.45, 2.75) is 32.3 Å². The number of carbonyl (C=O) groups is 1. The van der Waals surface area contributed by atoms with Gasteiger partial charge in [0.05, 0.1) is 5.60 Å². The molecule has 1 aliphatic rings. The molecule has 0 amide bonds. The van der Waals surface area contributed by atoms with Crippen molar-refractivity contribution in [2.75, 3.05) is 18.5 Å². The molecule has 2 N–H and O–H groups in total. The molecule has 1 aromatic rings. The van der Waals surface area contributed by atoms with Crippen molar-refractivity contribution in [3.8, 4) is 0 Å². The van der Waals surface area contributed by atoms with Crippen LogP contribution in [0.2, 0.25) is 0 Å². The number of nitrogens with one attached hydrogen (secondary N) is 1. The quantitative estimate of drug-likeness (QED) is 0.856. The molecule has 5 heteroatoms. The molecule has 1 saturated heterocycles. The van der Waals surface area contributed by atoms with E-state index in [9.17, 15) is 4.79 Å². The molecule has 1 aromatic heterocycles. The van der Waals surface area contributed by atoms with Gasteiger partial charge in [0.25, 0.3) is 0 Å². The minimum absolute atomic E-state index is 0.196. The van der Waals surface area contributed by atoms with Crippen molar-refractivity contribution >= 4 is 11.8 Å². The highest BCUT2D eigenvalue weighted by molar-refractivity contribution is 5.93. The zero-order valence-electron chi connectivity index (χ0n) is 10.7. The number of ether oxygens (including phenoxy) is 1. The second-order valence-electron chi connectivity index (χ2n) is 4.91. The van der Waals surface area contributed by atoms with Crippen molar-refractivity contribution in [3.05, 3.63) is 23.4 Å². The van der Waals surface area contributed by atoms with Crippen LogP contribution in [0.25, 0.3) is 0 Å². The van der Waals surface area contributed by atoms with Crippen LogP contribution in [0.3, 0.4) is 0 Å². The minimum Gasteiger partial charge on any atom is -0.478 e. The van der Waals surface area contributed by atoms with E-state index >= 15 is 0 Å². The lowest BCUT2D eigenvalue weighted by Gasteiger charge is -2.24. The van der Waals surface area contributed by atoms with E-state index in [4.69, 9.17) is 9.84 Å². The molecule has 1 unspecified atom stereocenters. The third-order valence-corrected chi connectivity index (χ3v) is 3.20. The lowest BCUT2D eigenvalue weighted by Crippen LogP contribution is -2.33. The molecule has 0 saturated carbocycles. The molecule has 0 bridgehead atoms. The molecule has 2 rings (SSSR count). The predicted molar refractivity (Wildman–Crippen MR) is 68.0 cm³/mol. The van der Waals surface area contributed by atoms with Gasteiger partial charge in [-0.25, -0.2) is 9.78 Å². The van der Waals surface area contributed by atoms with Crippen LogP contribution in [0.4, 0.5) is 5.82 Å². The number of nitrogens with zero attached hydrogens (tertiary/aromatic N) is 1. The van der Waals surface area contributed by atoms with Crippen LogP contribution in [-0.4, -0.2) is 34.8 Å². The van der Waals surface area contributed by atoms with Gasteiger partial charge in [0.15, 0.2) is 0 Å². The van der Waals surface area contributed by atoms with Crippen molar-refractivity contribution in [1.29, 1.82) is 0 Å². The molecule has 0 radical (unpaired) electrons. The van der Waals surface area contributed by atoms with Crippen LogP contribution >= 0.6 is 0 Å². The van der Waals surface area contributed by atoms with Crippen LogP contribution in [0.15, 0.2) is 12.1 Å². The smallest absolute Gasteiger partial charge is 0.339 e. The minimum atomic E-state index is -0.970. The Balaban J connectivity index is 2.12. The zero-order valence-corrected chi connectivity index (χ0v) is 10.7. The first kappa shape index (κ1) is 12.8. The summed E-state index contributed by atoms with van der Waals surface area (Å²) in [5.74, 6) is -0.554. The summed E-state index contributed by atoms with van der Waals surface area (Å²) >= 11 is 0. The molecule has 0 spiro atoms. The van der Waals surface area contributed by atoms with Gasteiger partial charge in [0.2, 0.25) is 0 Å². The first-order chi connectivity index (χ1) is 8.50. The standard InChI is InChI=1S/C13H18N2O3/c1-9-4-5-10(12(16)17)11(15-9)14-8-13(2)6-3-7-18-13/h4-5H,3,6-8H2,1-2H3,(H,14,15)(H,16,17). The number of hydrogen-bond acceptors (Lipinski definition) is 4. The van der Waals surface area contributed by atoms with E-state index in [1.54, 1.807) is 12.1 Å². The topological polar surface area (TPSA) is 71.5 Å². The summed E-state index contributed by atoms with van der Waals surface area (Å²) in [5.41, 5.74) is 0.767. The fraction of sp³-hybridized carbons (Fsp3) is 0.538. The zero-order chi connectivity index (χ0) is 13.2. The van der Waals surface area contributed by atoms with Gasteiger partial charge >= 0.3 is 5.97 Å². The van der Waals surface area contributed by atoms with Crippen LogP contribution < -0.4 is 5.32 Å².